The van der Waals surface area contributed by atoms with Crippen molar-refractivity contribution in [2.75, 3.05) is 0 Å². The highest BCUT2D eigenvalue weighted by Gasteiger charge is 2.04. The summed E-state index contributed by atoms with van der Waals surface area (Å²) in [7, 11) is 0. The van der Waals surface area contributed by atoms with Gasteiger partial charge in [-0.2, -0.15) is 0 Å². The number of nitrogens with one attached hydrogen (secondary N) is 1. The number of hydrogen-bond donors (Lipinski definition) is 2. The van der Waals surface area contributed by atoms with E-state index in [0.717, 1.165) is 23.6 Å². The molecule has 2 aromatic carbocycles. The van der Waals surface area contributed by atoms with Crippen LogP contribution >= 0.6 is 11.6 Å². The van der Waals surface area contributed by atoms with Crippen molar-refractivity contribution in [2.45, 2.75) is 25.9 Å². The Morgan fingerprint density at radius 2 is 1.67 bits per heavy atom. The number of carbonyl (C=O) groups excluding carboxylic acids is 1. The normalized spacial score (nSPS) is 12.1. The van der Waals surface area contributed by atoms with Gasteiger partial charge in [0.15, 0.2) is 0 Å². The number of nitrogens with two attached hydrogens (primary N) is 1. The van der Waals surface area contributed by atoms with Gasteiger partial charge in [-0.1, -0.05) is 35.9 Å². The number of rotatable bonds is 6. The molecule has 4 heteroatoms. The van der Waals surface area contributed by atoms with Gasteiger partial charge in [0, 0.05) is 23.2 Å². The molecule has 0 aliphatic carbocycles. The van der Waals surface area contributed by atoms with Crippen molar-refractivity contribution in [1.29, 1.82) is 0 Å². The van der Waals surface area contributed by atoms with Gasteiger partial charge < -0.3 is 11.1 Å². The zero-order valence-corrected chi connectivity index (χ0v) is 12.7. The van der Waals surface area contributed by atoms with Gasteiger partial charge >= 0.3 is 0 Å². The lowest BCUT2D eigenvalue weighted by Crippen LogP contribution is -2.27. The lowest BCUT2D eigenvalue weighted by molar-refractivity contribution is 0.100. The molecule has 21 heavy (non-hydrogen) atoms. The molecule has 0 fully saturated rings. The number of carbonyl (C=O) groups is 1. The highest BCUT2D eigenvalue weighted by atomic mass is 35.5. The number of halogens is 1. The van der Waals surface area contributed by atoms with Crippen LogP contribution in [0.25, 0.3) is 0 Å². The molecule has 1 amide bonds. The molecule has 1 atom stereocenters. The Hall–Kier alpha value is -1.84. The highest BCUT2D eigenvalue weighted by Crippen LogP contribution is 2.11. The third-order valence-electron chi connectivity index (χ3n) is 3.35. The lowest BCUT2D eigenvalue weighted by atomic mass is 10.1. The monoisotopic (exact) mass is 302 g/mol. The summed E-state index contributed by atoms with van der Waals surface area (Å²) < 4.78 is 0. The summed E-state index contributed by atoms with van der Waals surface area (Å²) in [5.41, 5.74) is 8.13. The molecule has 0 aliphatic rings. The first kappa shape index (κ1) is 15.5. The summed E-state index contributed by atoms with van der Waals surface area (Å²) >= 11 is 5.88. The first-order chi connectivity index (χ1) is 10.0. The third-order valence-corrected chi connectivity index (χ3v) is 3.60. The molecular weight excluding hydrogens is 284 g/mol. The van der Waals surface area contributed by atoms with Gasteiger partial charge in [0.1, 0.15) is 0 Å². The van der Waals surface area contributed by atoms with Gasteiger partial charge in [-0.15, -0.1) is 0 Å². The maximum Gasteiger partial charge on any atom is 0.248 e. The van der Waals surface area contributed by atoms with E-state index in [0.29, 0.717) is 11.6 Å². The van der Waals surface area contributed by atoms with E-state index in [-0.39, 0.29) is 0 Å². The fraction of sp³-hybridized carbons (Fsp3) is 0.235. The summed E-state index contributed by atoms with van der Waals surface area (Å²) in [4.78, 5) is 11.0. The van der Waals surface area contributed by atoms with E-state index in [4.69, 9.17) is 17.3 Å². The van der Waals surface area contributed by atoms with Crippen LogP contribution in [0.3, 0.4) is 0 Å². The van der Waals surface area contributed by atoms with Crippen molar-refractivity contribution in [3.8, 4) is 0 Å². The number of hydrogen-bond acceptors (Lipinski definition) is 2. The Morgan fingerprint density at radius 1 is 1.10 bits per heavy atom. The van der Waals surface area contributed by atoms with Gasteiger partial charge in [-0.05, 0) is 48.7 Å². The van der Waals surface area contributed by atoms with Gasteiger partial charge in [-0.25, -0.2) is 0 Å². The zero-order valence-electron chi connectivity index (χ0n) is 12.0. The molecule has 0 saturated heterocycles. The van der Waals surface area contributed by atoms with Crippen LogP contribution in [-0.4, -0.2) is 11.9 Å². The maximum absolute atomic E-state index is 11.0. The van der Waals surface area contributed by atoms with Crippen molar-refractivity contribution in [3.63, 3.8) is 0 Å². The van der Waals surface area contributed by atoms with Crippen LogP contribution in [0, 0.1) is 0 Å². The fourth-order valence-corrected chi connectivity index (χ4v) is 2.25. The SMILES string of the molecule is CC(Cc1ccc(Cl)cc1)NCc1ccc(C(N)=O)cc1. The second-order valence-electron chi connectivity index (χ2n) is 5.17. The number of primary amides is 1. The molecule has 3 N–H and O–H groups in total. The quantitative estimate of drug-likeness (QED) is 0.861. The molecule has 0 bridgehead atoms. The standard InChI is InChI=1S/C17H19ClN2O/c1-12(10-13-4-8-16(18)9-5-13)20-11-14-2-6-15(7-3-14)17(19)21/h2-9,12,20H,10-11H2,1H3,(H2,19,21). The van der Waals surface area contributed by atoms with Gasteiger partial charge in [-0.3, -0.25) is 4.79 Å². The summed E-state index contributed by atoms with van der Waals surface area (Å²) in [5.74, 6) is -0.398. The number of amides is 1. The van der Waals surface area contributed by atoms with E-state index in [1.165, 1.54) is 5.56 Å². The third kappa shape index (κ3) is 4.88. The molecule has 3 nitrogen and oxygen atoms in total. The molecular formula is C17H19ClN2O. The van der Waals surface area contributed by atoms with Crippen LogP contribution in [-0.2, 0) is 13.0 Å². The molecule has 1 unspecified atom stereocenters. The predicted molar refractivity (Wildman–Crippen MR) is 86.4 cm³/mol. The van der Waals surface area contributed by atoms with Crippen LogP contribution < -0.4 is 11.1 Å². The van der Waals surface area contributed by atoms with Crippen molar-refractivity contribution in [2.24, 2.45) is 5.73 Å². The van der Waals surface area contributed by atoms with E-state index < -0.39 is 5.91 Å². The maximum atomic E-state index is 11.0. The Balaban J connectivity index is 1.84. The van der Waals surface area contributed by atoms with Crippen LogP contribution in [0.5, 0.6) is 0 Å². The molecule has 0 heterocycles. The average molecular weight is 303 g/mol. The number of benzene rings is 2. The van der Waals surface area contributed by atoms with Crippen LogP contribution in [0.2, 0.25) is 5.02 Å². The summed E-state index contributed by atoms with van der Waals surface area (Å²) in [6.45, 7) is 2.90. The molecule has 110 valence electrons. The summed E-state index contributed by atoms with van der Waals surface area (Å²) in [6, 6.07) is 15.6. The predicted octanol–water partition coefficient (Wildman–Crippen LogP) is 3.16. The Bertz CT molecular complexity index is 593. The largest absolute Gasteiger partial charge is 0.366 e. The lowest BCUT2D eigenvalue weighted by Gasteiger charge is -2.14. The van der Waals surface area contributed by atoms with Crippen molar-refractivity contribution < 1.29 is 4.79 Å². The van der Waals surface area contributed by atoms with E-state index in [2.05, 4.69) is 12.2 Å². The Morgan fingerprint density at radius 3 is 2.24 bits per heavy atom. The van der Waals surface area contributed by atoms with Gasteiger partial charge in [0.05, 0.1) is 0 Å². The molecule has 0 aliphatic heterocycles. The van der Waals surface area contributed by atoms with E-state index >= 15 is 0 Å². The van der Waals surface area contributed by atoms with E-state index in [9.17, 15) is 4.79 Å². The van der Waals surface area contributed by atoms with Crippen LogP contribution in [0.15, 0.2) is 48.5 Å². The topological polar surface area (TPSA) is 55.1 Å². The van der Waals surface area contributed by atoms with Gasteiger partial charge in [0.2, 0.25) is 5.91 Å². The minimum atomic E-state index is -0.398. The van der Waals surface area contributed by atoms with Crippen molar-refractivity contribution in [1.82, 2.24) is 5.32 Å². The summed E-state index contributed by atoms with van der Waals surface area (Å²) in [5, 5.41) is 4.22. The van der Waals surface area contributed by atoms with Crippen LogP contribution in [0.1, 0.15) is 28.4 Å². The average Bonchev–Trinajstić information content (AvgIpc) is 2.48. The van der Waals surface area contributed by atoms with Crippen molar-refractivity contribution >= 4 is 17.5 Å². The molecule has 0 aromatic heterocycles. The minimum absolute atomic E-state index is 0.349. The Labute approximate surface area is 130 Å². The van der Waals surface area contributed by atoms with E-state index in [1.54, 1.807) is 12.1 Å². The van der Waals surface area contributed by atoms with Crippen LogP contribution in [0.4, 0.5) is 0 Å². The molecule has 0 radical (unpaired) electrons. The van der Waals surface area contributed by atoms with Gasteiger partial charge in [0.25, 0.3) is 0 Å². The second-order valence-corrected chi connectivity index (χ2v) is 5.61. The smallest absolute Gasteiger partial charge is 0.248 e. The molecule has 0 spiro atoms. The first-order valence-electron chi connectivity index (χ1n) is 6.91. The second kappa shape index (κ2) is 7.25. The zero-order chi connectivity index (χ0) is 15.2. The molecule has 2 aromatic rings. The Kier molecular flexibility index (Phi) is 5.37. The molecule has 2 rings (SSSR count). The van der Waals surface area contributed by atoms with E-state index in [1.807, 2.05) is 36.4 Å². The highest BCUT2D eigenvalue weighted by molar-refractivity contribution is 6.30. The molecule has 0 saturated carbocycles. The van der Waals surface area contributed by atoms with Crippen molar-refractivity contribution in [3.05, 3.63) is 70.2 Å². The fourth-order valence-electron chi connectivity index (χ4n) is 2.13. The first-order valence-corrected chi connectivity index (χ1v) is 7.29. The minimum Gasteiger partial charge on any atom is -0.366 e. The summed E-state index contributed by atoms with van der Waals surface area (Å²) in [6.07, 6.45) is 0.941.